The molecule has 0 spiro atoms. The second kappa shape index (κ2) is 18.4. The Morgan fingerprint density at radius 1 is 1.00 bits per heavy atom. The third kappa shape index (κ3) is 16.7. The van der Waals surface area contributed by atoms with E-state index in [1.54, 1.807) is 0 Å². The van der Waals surface area contributed by atoms with Crippen LogP contribution in [-0.2, 0) is 14.4 Å². The van der Waals surface area contributed by atoms with E-state index in [9.17, 15) is 4.79 Å². The Labute approximate surface area is 152 Å². The molecule has 0 radical (unpaired) electrons. The minimum Gasteiger partial charge on any atom is -0.469 e. The van der Waals surface area contributed by atoms with Gasteiger partial charge in [-0.3, -0.25) is 10.1 Å². The third-order valence-electron chi connectivity index (χ3n) is 3.34. The molecule has 0 rings (SSSR count). The summed E-state index contributed by atoms with van der Waals surface area (Å²) in [5, 5.41) is 8.89. The van der Waals surface area contributed by atoms with Gasteiger partial charge in [0.1, 0.15) is 6.10 Å². The summed E-state index contributed by atoms with van der Waals surface area (Å²) in [7, 11) is 1.39. The van der Waals surface area contributed by atoms with Gasteiger partial charge in [-0.05, 0) is 38.5 Å². The summed E-state index contributed by atoms with van der Waals surface area (Å²) >= 11 is 0. The van der Waals surface area contributed by atoms with E-state index in [0.717, 1.165) is 32.1 Å². The maximum absolute atomic E-state index is 10.9. The Balaban J connectivity index is 3.87. The first-order valence-corrected chi connectivity index (χ1v) is 8.89. The van der Waals surface area contributed by atoms with Gasteiger partial charge < -0.3 is 4.74 Å². The molecule has 0 aromatic carbocycles. The summed E-state index contributed by atoms with van der Waals surface area (Å²) in [4.78, 5) is 15.4. The Kier molecular flexibility index (Phi) is 17.0. The normalized spacial score (nSPS) is 13.9. The van der Waals surface area contributed by atoms with Gasteiger partial charge in [0, 0.05) is 6.42 Å². The van der Waals surface area contributed by atoms with Crippen LogP contribution in [0.25, 0.3) is 0 Å². The number of carbonyl (C=O) groups is 1. The van der Waals surface area contributed by atoms with Crippen molar-refractivity contribution in [2.45, 2.75) is 58.0 Å². The van der Waals surface area contributed by atoms with Crippen molar-refractivity contribution < 1.29 is 19.7 Å². The smallest absolute Gasteiger partial charge is 0.305 e. The standard InChI is InChI=1S/C21H32O4/c1-3-4-5-6-7-8-9-10-11-14-17-20(25-23)18-15-12-13-16-19-21(22)24-2/h4-5,7-8,10-12,14-15,17,20,23H,3,6,9,13,16,18-19H2,1-2H3/b5-4-,8-7-,11-10-,15-12-,17-14+. The summed E-state index contributed by atoms with van der Waals surface area (Å²) in [5.74, 6) is -0.188. The number of hydrogen-bond acceptors (Lipinski definition) is 4. The predicted molar refractivity (Wildman–Crippen MR) is 103 cm³/mol. The fraction of sp³-hybridized carbons (Fsp3) is 0.476. The largest absolute Gasteiger partial charge is 0.469 e. The van der Waals surface area contributed by atoms with E-state index in [1.165, 1.54) is 7.11 Å². The Morgan fingerprint density at radius 2 is 1.72 bits per heavy atom. The Morgan fingerprint density at radius 3 is 2.40 bits per heavy atom. The first kappa shape index (κ1) is 23.1. The summed E-state index contributed by atoms with van der Waals surface area (Å²) in [6.45, 7) is 2.12. The summed E-state index contributed by atoms with van der Waals surface area (Å²) < 4.78 is 4.57. The first-order chi connectivity index (χ1) is 12.2. The average Bonchev–Trinajstić information content (AvgIpc) is 2.63. The van der Waals surface area contributed by atoms with E-state index in [1.807, 2.05) is 36.5 Å². The van der Waals surface area contributed by atoms with Crippen LogP contribution >= 0.6 is 0 Å². The van der Waals surface area contributed by atoms with Crippen LogP contribution in [0.3, 0.4) is 0 Å². The van der Waals surface area contributed by atoms with Crippen molar-refractivity contribution in [2.75, 3.05) is 7.11 Å². The molecule has 0 aromatic rings. The highest BCUT2D eigenvalue weighted by Crippen LogP contribution is 2.04. The van der Waals surface area contributed by atoms with Crippen LogP contribution in [0.1, 0.15) is 51.9 Å². The highest BCUT2D eigenvalue weighted by atomic mass is 17.1. The maximum atomic E-state index is 10.9. The van der Waals surface area contributed by atoms with Gasteiger partial charge in [-0.25, -0.2) is 4.89 Å². The lowest BCUT2D eigenvalue weighted by Crippen LogP contribution is -2.05. The lowest BCUT2D eigenvalue weighted by molar-refractivity contribution is -0.264. The SMILES string of the molecule is CC/C=C\C/C=C\C/C=C\C=C\C(C/C=C\CCCC(=O)OC)OO. The summed E-state index contributed by atoms with van der Waals surface area (Å²) in [6.07, 6.45) is 25.3. The molecule has 0 aliphatic heterocycles. The second-order valence-corrected chi connectivity index (χ2v) is 5.45. The molecule has 0 aliphatic rings. The van der Waals surface area contributed by atoms with Crippen molar-refractivity contribution in [2.24, 2.45) is 0 Å². The second-order valence-electron chi connectivity index (χ2n) is 5.45. The zero-order valence-electron chi connectivity index (χ0n) is 15.5. The zero-order chi connectivity index (χ0) is 18.6. The molecule has 0 saturated carbocycles. The van der Waals surface area contributed by atoms with Gasteiger partial charge >= 0.3 is 5.97 Å². The number of rotatable bonds is 14. The van der Waals surface area contributed by atoms with Crippen molar-refractivity contribution in [1.29, 1.82) is 0 Å². The molecular weight excluding hydrogens is 316 g/mol. The van der Waals surface area contributed by atoms with E-state index in [2.05, 4.69) is 40.9 Å². The van der Waals surface area contributed by atoms with Gasteiger partial charge in [-0.2, -0.15) is 0 Å². The quantitative estimate of drug-likeness (QED) is 0.112. The van der Waals surface area contributed by atoms with Crippen LogP contribution in [0, 0.1) is 0 Å². The lowest BCUT2D eigenvalue weighted by Gasteiger charge is -2.04. The molecule has 1 unspecified atom stereocenters. The van der Waals surface area contributed by atoms with Crippen molar-refractivity contribution in [3.8, 4) is 0 Å². The zero-order valence-corrected chi connectivity index (χ0v) is 15.5. The van der Waals surface area contributed by atoms with Gasteiger partial charge in [0.2, 0.25) is 0 Å². The van der Waals surface area contributed by atoms with E-state index >= 15 is 0 Å². The minimum atomic E-state index is -0.365. The van der Waals surface area contributed by atoms with Crippen molar-refractivity contribution in [1.82, 2.24) is 0 Å². The number of allylic oxidation sites excluding steroid dienone is 8. The fourth-order valence-electron chi connectivity index (χ4n) is 1.93. The molecule has 1 atom stereocenters. The number of methoxy groups -OCH3 is 1. The Bertz CT molecular complexity index is 459. The fourth-order valence-corrected chi connectivity index (χ4v) is 1.93. The molecule has 0 fully saturated rings. The number of carbonyl (C=O) groups excluding carboxylic acids is 1. The molecule has 0 saturated heterocycles. The number of esters is 1. The topological polar surface area (TPSA) is 55.8 Å². The number of ether oxygens (including phenoxy) is 1. The van der Waals surface area contributed by atoms with E-state index in [0.29, 0.717) is 12.8 Å². The highest BCUT2D eigenvalue weighted by molar-refractivity contribution is 5.69. The van der Waals surface area contributed by atoms with Gasteiger partial charge in [-0.1, -0.05) is 67.7 Å². The van der Waals surface area contributed by atoms with Crippen molar-refractivity contribution in [3.63, 3.8) is 0 Å². The molecule has 140 valence electrons. The minimum absolute atomic E-state index is 0.188. The van der Waals surface area contributed by atoms with Gasteiger partial charge in [0.25, 0.3) is 0 Å². The molecule has 0 aliphatic carbocycles. The van der Waals surface area contributed by atoms with Crippen molar-refractivity contribution >= 4 is 5.97 Å². The van der Waals surface area contributed by atoms with Gasteiger partial charge in [0.05, 0.1) is 7.11 Å². The van der Waals surface area contributed by atoms with E-state index in [-0.39, 0.29) is 12.1 Å². The Hall–Kier alpha value is -1.91. The van der Waals surface area contributed by atoms with Crippen LogP contribution < -0.4 is 0 Å². The molecule has 0 heterocycles. The molecule has 1 N–H and O–H groups in total. The molecule has 0 amide bonds. The molecule has 25 heavy (non-hydrogen) atoms. The van der Waals surface area contributed by atoms with Gasteiger partial charge in [0.15, 0.2) is 0 Å². The molecule has 0 bridgehead atoms. The number of hydrogen-bond donors (Lipinski definition) is 1. The predicted octanol–water partition coefficient (Wildman–Crippen LogP) is 5.55. The maximum Gasteiger partial charge on any atom is 0.305 e. The van der Waals surface area contributed by atoms with Crippen molar-refractivity contribution in [3.05, 3.63) is 60.8 Å². The number of unbranched alkanes of at least 4 members (excludes halogenated alkanes) is 1. The molecular formula is C21H32O4. The molecule has 4 heteroatoms. The van der Waals surface area contributed by atoms with Crippen LogP contribution in [-0.4, -0.2) is 24.4 Å². The van der Waals surface area contributed by atoms with Crippen LogP contribution in [0.4, 0.5) is 0 Å². The summed E-state index contributed by atoms with van der Waals surface area (Å²) in [6, 6.07) is 0. The van der Waals surface area contributed by atoms with E-state index < -0.39 is 0 Å². The van der Waals surface area contributed by atoms with Crippen LogP contribution in [0.15, 0.2) is 60.8 Å². The first-order valence-electron chi connectivity index (χ1n) is 8.89. The highest BCUT2D eigenvalue weighted by Gasteiger charge is 2.00. The van der Waals surface area contributed by atoms with Gasteiger partial charge in [-0.15, -0.1) is 0 Å². The molecule has 0 aromatic heterocycles. The monoisotopic (exact) mass is 348 g/mol. The van der Waals surface area contributed by atoms with Crippen LogP contribution in [0.5, 0.6) is 0 Å². The lowest BCUT2D eigenvalue weighted by atomic mass is 10.2. The summed E-state index contributed by atoms with van der Waals surface area (Å²) in [5.41, 5.74) is 0. The average molecular weight is 348 g/mol. The van der Waals surface area contributed by atoms with Crippen LogP contribution in [0.2, 0.25) is 0 Å². The molecule has 4 nitrogen and oxygen atoms in total. The third-order valence-corrected chi connectivity index (χ3v) is 3.34. The van der Waals surface area contributed by atoms with E-state index in [4.69, 9.17) is 5.26 Å².